The summed E-state index contributed by atoms with van der Waals surface area (Å²) in [6, 6.07) is 12.3. The van der Waals surface area contributed by atoms with E-state index in [1.165, 1.54) is 6.07 Å². The van der Waals surface area contributed by atoms with E-state index < -0.39 is 0 Å². The first kappa shape index (κ1) is 16.4. The van der Waals surface area contributed by atoms with Crippen LogP contribution in [-0.2, 0) is 6.54 Å². The number of nitrogens with zero attached hydrogens (tertiary/aromatic N) is 3. The van der Waals surface area contributed by atoms with E-state index in [4.69, 9.17) is 13.9 Å². The van der Waals surface area contributed by atoms with Gasteiger partial charge in [-0.15, -0.1) is 10.2 Å². The average Bonchev–Trinajstić information content (AvgIpc) is 3.11. The molecule has 0 saturated heterocycles. The minimum absolute atomic E-state index is 0.143. The fraction of sp³-hybridized carbons (Fsp3) is 0.263. The standard InChI is InChI=1S/C19H18FN3O3/c1-12-10-23(15-8-5-7-14(20)18(15)25-12)11-17-21-22-19(26-17)13-6-3-4-9-16(13)24-2/h3-9,12H,10-11H2,1-2H3. The van der Waals surface area contributed by atoms with Gasteiger partial charge in [-0.2, -0.15) is 0 Å². The summed E-state index contributed by atoms with van der Waals surface area (Å²) in [5.74, 6) is 1.37. The molecule has 0 bridgehead atoms. The van der Waals surface area contributed by atoms with Crippen molar-refractivity contribution >= 4 is 5.69 Å². The molecule has 0 radical (unpaired) electrons. The second-order valence-corrected chi connectivity index (χ2v) is 6.10. The number of hydrogen-bond acceptors (Lipinski definition) is 6. The lowest BCUT2D eigenvalue weighted by Gasteiger charge is -2.34. The number of halogens is 1. The summed E-state index contributed by atoms with van der Waals surface area (Å²) in [5, 5.41) is 8.26. The molecule has 7 heteroatoms. The van der Waals surface area contributed by atoms with Crippen molar-refractivity contribution in [2.75, 3.05) is 18.6 Å². The Hall–Kier alpha value is -3.09. The van der Waals surface area contributed by atoms with E-state index in [9.17, 15) is 4.39 Å². The fourth-order valence-electron chi connectivity index (χ4n) is 3.07. The quantitative estimate of drug-likeness (QED) is 0.712. The lowest BCUT2D eigenvalue weighted by Crippen LogP contribution is -2.38. The predicted molar refractivity (Wildman–Crippen MR) is 93.8 cm³/mol. The van der Waals surface area contributed by atoms with Gasteiger partial charge in [-0.05, 0) is 31.2 Å². The largest absolute Gasteiger partial charge is 0.496 e. The Labute approximate surface area is 150 Å². The molecule has 2 aromatic carbocycles. The van der Waals surface area contributed by atoms with E-state index in [-0.39, 0.29) is 17.7 Å². The van der Waals surface area contributed by atoms with Gasteiger partial charge in [-0.1, -0.05) is 18.2 Å². The van der Waals surface area contributed by atoms with E-state index in [1.807, 2.05) is 42.2 Å². The Morgan fingerprint density at radius 3 is 2.88 bits per heavy atom. The van der Waals surface area contributed by atoms with Crippen molar-refractivity contribution in [1.82, 2.24) is 10.2 Å². The van der Waals surface area contributed by atoms with Gasteiger partial charge in [-0.25, -0.2) is 4.39 Å². The number of para-hydroxylation sites is 2. The molecule has 0 amide bonds. The summed E-state index contributed by atoms with van der Waals surface area (Å²) in [6.07, 6.45) is -0.143. The normalized spacial score (nSPS) is 16.1. The van der Waals surface area contributed by atoms with Crippen LogP contribution in [0.4, 0.5) is 10.1 Å². The lowest BCUT2D eigenvalue weighted by atomic mass is 10.2. The third kappa shape index (κ3) is 2.96. The van der Waals surface area contributed by atoms with Gasteiger partial charge in [0.15, 0.2) is 11.6 Å². The molecule has 1 aliphatic heterocycles. The summed E-state index contributed by atoms with van der Waals surface area (Å²) in [7, 11) is 1.59. The highest BCUT2D eigenvalue weighted by Crippen LogP contribution is 2.36. The molecule has 2 heterocycles. The van der Waals surface area contributed by atoms with Crippen LogP contribution >= 0.6 is 0 Å². The molecule has 0 spiro atoms. The van der Waals surface area contributed by atoms with Crippen molar-refractivity contribution in [1.29, 1.82) is 0 Å². The van der Waals surface area contributed by atoms with Gasteiger partial charge in [0, 0.05) is 0 Å². The molecule has 1 unspecified atom stereocenters. The molecular weight excluding hydrogens is 337 g/mol. The summed E-state index contributed by atoms with van der Waals surface area (Å²) < 4.78 is 30.8. The molecule has 0 aliphatic carbocycles. The Bertz CT molecular complexity index is 928. The number of ether oxygens (including phenoxy) is 2. The van der Waals surface area contributed by atoms with E-state index >= 15 is 0 Å². The first-order valence-corrected chi connectivity index (χ1v) is 8.31. The first-order chi connectivity index (χ1) is 12.7. The fourth-order valence-corrected chi connectivity index (χ4v) is 3.07. The molecular formula is C19H18FN3O3. The summed E-state index contributed by atoms with van der Waals surface area (Å²) in [5.41, 5.74) is 1.41. The second-order valence-electron chi connectivity index (χ2n) is 6.10. The van der Waals surface area contributed by atoms with Crippen LogP contribution in [0.1, 0.15) is 12.8 Å². The van der Waals surface area contributed by atoms with Crippen molar-refractivity contribution in [2.24, 2.45) is 0 Å². The number of rotatable bonds is 4. The number of aromatic nitrogens is 2. The van der Waals surface area contributed by atoms with Crippen LogP contribution in [0.15, 0.2) is 46.9 Å². The van der Waals surface area contributed by atoms with E-state index in [0.717, 1.165) is 5.56 Å². The molecule has 26 heavy (non-hydrogen) atoms. The molecule has 6 nitrogen and oxygen atoms in total. The summed E-state index contributed by atoms with van der Waals surface area (Å²) >= 11 is 0. The third-order valence-electron chi connectivity index (χ3n) is 4.21. The van der Waals surface area contributed by atoms with Crippen molar-refractivity contribution < 1.29 is 18.3 Å². The molecule has 0 saturated carbocycles. The predicted octanol–water partition coefficient (Wildman–Crippen LogP) is 3.67. The van der Waals surface area contributed by atoms with E-state index in [2.05, 4.69) is 10.2 Å². The van der Waals surface area contributed by atoms with Gasteiger partial charge in [0.2, 0.25) is 5.89 Å². The maximum atomic E-state index is 14.0. The second kappa shape index (κ2) is 6.67. The molecule has 134 valence electrons. The highest BCUT2D eigenvalue weighted by Gasteiger charge is 2.27. The SMILES string of the molecule is COc1ccccc1-c1nnc(CN2CC(C)Oc3c(F)cccc32)o1. The van der Waals surface area contributed by atoms with Gasteiger partial charge in [0.25, 0.3) is 5.89 Å². The van der Waals surface area contributed by atoms with Crippen LogP contribution in [0.5, 0.6) is 11.5 Å². The van der Waals surface area contributed by atoms with E-state index in [1.54, 1.807) is 13.2 Å². The number of benzene rings is 2. The van der Waals surface area contributed by atoms with Gasteiger partial charge in [0.1, 0.15) is 11.9 Å². The minimum Gasteiger partial charge on any atom is -0.496 e. The Kier molecular flexibility index (Phi) is 4.20. The van der Waals surface area contributed by atoms with Crippen LogP contribution in [0.3, 0.4) is 0 Å². The highest BCUT2D eigenvalue weighted by atomic mass is 19.1. The first-order valence-electron chi connectivity index (χ1n) is 8.31. The highest BCUT2D eigenvalue weighted by molar-refractivity contribution is 5.63. The number of methoxy groups -OCH3 is 1. The molecule has 4 rings (SSSR count). The zero-order chi connectivity index (χ0) is 18.1. The maximum absolute atomic E-state index is 14.0. The lowest BCUT2D eigenvalue weighted by molar-refractivity contribution is 0.201. The molecule has 1 aromatic heterocycles. The Morgan fingerprint density at radius 1 is 1.19 bits per heavy atom. The monoisotopic (exact) mass is 355 g/mol. The Morgan fingerprint density at radius 2 is 2.04 bits per heavy atom. The van der Waals surface area contributed by atoms with Gasteiger partial charge in [-0.3, -0.25) is 0 Å². The molecule has 0 N–H and O–H groups in total. The van der Waals surface area contributed by atoms with Gasteiger partial charge >= 0.3 is 0 Å². The van der Waals surface area contributed by atoms with Gasteiger partial charge < -0.3 is 18.8 Å². The zero-order valence-electron chi connectivity index (χ0n) is 14.5. The molecule has 3 aromatic rings. The molecule has 0 fully saturated rings. The molecule has 1 aliphatic rings. The van der Waals surface area contributed by atoms with Crippen LogP contribution in [0.2, 0.25) is 0 Å². The number of anilines is 1. The maximum Gasteiger partial charge on any atom is 0.251 e. The average molecular weight is 355 g/mol. The van der Waals surface area contributed by atoms with Crippen LogP contribution < -0.4 is 14.4 Å². The van der Waals surface area contributed by atoms with Gasteiger partial charge in [0.05, 0.1) is 31.5 Å². The zero-order valence-corrected chi connectivity index (χ0v) is 14.5. The third-order valence-corrected chi connectivity index (χ3v) is 4.21. The van der Waals surface area contributed by atoms with Crippen molar-refractivity contribution in [2.45, 2.75) is 19.6 Å². The van der Waals surface area contributed by atoms with Crippen molar-refractivity contribution in [3.05, 3.63) is 54.2 Å². The Balaban J connectivity index is 1.62. The van der Waals surface area contributed by atoms with Crippen LogP contribution in [0, 0.1) is 5.82 Å². The minimum atomic E-state index is -0.376. The molecule has 1 atom stereocenters. The van der Waals surface area contributed by atoms with Crippen LogP contribution in [-0.4, -0.2) is 30.0 Å². The van der Waals surface area contributed by atoms with Crippen molar-refractivity contribution in [3.63, 3.8) is 0 Å². The smallest absolute Gasteiger partial charge is 0.251 e. The topological polar surface area (TPSA) is 60.6 Å². The summed E-state index contributed by atoms with van der Waals surface area (Å²) in [4.78, 5) is 1.98. The van der Waals surface area contributed by atoms with Crippen LogP contribution in [0.25, 0.3) is 11.5 Å². The number of hydrogen-bond donors (Lipinski definition) is 0. The van der Waals surface area contributed by atoms with E-state index in [0.29, 0.717) is 36.3 Å². The summed E-state index contributed by atoms with van der Waals surface area (Å²) in [6.45, 7) is 2.87. The van der Waals surface area contributed by atoms with Crippen molar-refractivity contribution in [3.8, 4) is 23.0 Å². The number of fused-ring (bicyclic) bond motifs is 1.